The maximum Gasteiger partial charge on any atom is 0.417 e. The first kappa shape index (κ1) is 30.7. The van der Waals surface area contributed by atoms with E-state index in [9.17, 15) is 22.5 Å². The van der Waals surface area contributed by atoms with Crippen LogP contribution in [0.15, 0.2) is 42.5 Å². The summed E-state index contributed by atoms with van der Waals surface area (Å²) < 4.78 is 61.8. The van der Waals surface area contributed by atoms with Crippen molar-refractivity contribution in [3.63, 3.8) is 0 Å². The topological polar surface area (TPSA) is 58.6 Å². The van der Waals surface area contributed by atoms with Crippen molar-refractivity contribution >= 4 is 25.0 Å². The highest BCUT2D eigenvalue weighted by molar-refractivity contribution is 7.57. The Morgan fingerprint density at radius 1 is 1.13 bits per heavy atom. The smallest absolute Gasteiger partial charge is 0.349 e. The Kier molecular flexibility index (Phi) is 9.78. The van der Waals surface area contributed by atoms with Crippen molar-refractivity contribution in [3.8, 4) is 11.1 Å². The Hall–Kier alpha value is -1.86. The number of alkyl halides is 3. The molecule has 2 aromatic rings. The van der Waals surface area contributed by atoms with Crippen molar-refractivity contribution in [3.05, 3.63) is 58.6 Å². The maximum absolute atomic E-state index is 13.9. The molecule has 0 bridgehead atoms. The first-order valence-corrected chi connectivity index (χ1v) is 14.9. The fraction of sp³-hybridized carbons (Fsp3) is 0.536. The summed E-state index contributed by atoms with van der Waals surface area (Å²) in [6, 6.07) is 10.1. The number of benzene rings is 2. The predicted octanol–water partition coefficient (Wildman–Crippen LogP) is 8.27. The molecule has 0 radical (unpaired) electrons. The minimum absolute atomic E-state index is 0.0931. The number of hydrogen-bond donors (Lipinski definition) is 1. The van der Waals surface area contributed by atoms with E-state index in [0.717, 1.165) is 12.5 Å². The molecule has 1 aliphatic heterocycles. The molecule has 38 heavy (non-hydrogen) atoms. The van der Waals surface area contributed by atoms with Crippen LogP contribution in [-0.4, -0.2) is 42.0 Å². The molecule has 1 N–H and O–H groups in total. The SMILES string of the molecule is CCC(C)P(=O)(OCC(C)(C)C)N1CCC(NC(=O)c2cccc(-c3ccc(Cl)c(C(F)(F)F)c3)c2)CC1. The molecule has 210 valence electrons. The summed E-state index contributed by atoms with van der Waals surface area (Å²) in [6.07, 6.45) is -2.59. The van der Waals surface area contributed by atoms with Gasteiger partial charge in [-0.05, 0) is 60.1 Å². The standard InChI is InChI=1S/C28H37ClF3N2O3P/c1-6-19(2)38(36,37-18-27(3,4)5)34-14-12-23(13-15-34)33-26(35)22-9-7-8-20(16-22)21-10-11-25(29)24(17-21)28(30,31)32/h7-11,16-17,19,23H,6,12-15,18H2,1-5H3,(H,33,35). The number of hydrogen-bond acceptors (Lipinski definition) is 3. The van der Waals surface area contributed by atoms with E-state index in [2.05, 4.69) is 5.32 Å². The summed E-state index contributed by atoms with van der Waals surface area (Å²) >= 11 is 5.75. The number of carbonyl (C=O) groups excluding carboxylic acids is 1. The van der Waals surface area contributed by atoms with Crippen molar-refractivity contribution in [2.45, 2.75) is 71.8 Å². The van der Waals surface area contributed by atoms with Gasteiger partial charge >= 0.3 is 6.18 Å². The van der Waals surface area contributed by atoms with Crippen LogP contribution < -0.4 is 5.32 Å². The minimum Gasteiger partial charge on any atom is -0.349 e. The Morgan fingerprint density at radius 3 is 2.34 bits per heavy atom. The van der Waals surface area contributed by atoms with Crippen LogP contribution in [-0.2, 0) is 15.3 Å². The summed E-state index contributed by atoms with van der Waals surface area (Å²) in [5.74, 6) is -0.301. The summed E-state index contributed by atoms with van der Waals surface area (Å²) in [5.41, 5.74) is 0.0431. The van der Waals surface area contributed by atoms with Crippen LogP contribution in [0.4, 0.5) is 13.2 Å². The van der Waals surface area contributed by atoms with Gasteiger partial charge in [0.25, 0.3) is 13.4 Å². The van der Waals surface area contributed by atoms with Crippen molar-refractivity contribution in [2.75, 3.05) is 19.7 Å². The van der Waals surface area contributed by atoms with Crippen LogP contribution in [0.2, 0.25) is 5.02 Å². The average Bonchev–Trinajstić information content (AvgIpc) is 2.86. The van der Waals surface area contributed by atoms with Crippen LogP contribution >= 0.6 is 19.1 Å². The number of nitrogens with one attached hydrogen (secondary N) is 1. The molecule has 1 heterocycles. The Labute approximate surface area is 228 Å². The number of piperidine rings is 1. The van der Waals surface area contributed by atoms with Gasteiger partial charge in [0, 0.05) is 30.4 Å². The van der Waals surface area contributed by atoms with Gasteiger partial charge in [0.05, 0.1) is 17.2 Å². The van der Waals surface area contributed by atoms with Gasteiger partial charge in [-0.3, -0.25) is 9.36 Å². The van der Waals surface area contributed by atoms with E-state index in [1.54, 1.807) is 24.3 Å². The van der Waals surface area contributed by atoms with E-state index in [1.807, 2.05) is 39.3 Å². The maximum atomic E-state index is 13.9. The molecular formula is C28H37ClF3N2O3P. The number of amides is 1. The zero-order chi connectivity index (χ0) is 28.3. The van der Waals surface area contributed by atoms with Crippen LogP contribution in [0, 0.1) is 5.41 Å². The van der Waals surface area contributed by atoms with Gasteiger partial charge in [0.1, 0.15) is 0 Å². The Morgan fingerprint density at radius 2 is 1.76 bits per heavy atom. The Balaban J connectivity index is 1.67. The van der Waals surface area contributed by atoms with E-state index in [-0.39, 0.29) is 28.0 Å². The molecule has 0 saturated carbocycles. The van der Waals surface area contributed by atoms with Gasteiger partial charge in [-0.1, -0.05) is 64.4 Å². The number of nitrogens with zero attached hydrogens (tertiary/aromatic N) is 1. The molecule has 1 aliphatic rings. The lowest BCUT2D eigenvalue weighted by Gasteiger charge is -2.40. The Bertz CT molecular complexity index is 1170. The van der Waals surface area contributed by atoms with Gasteiger partial charge in [-0.2, -0.15) is 13.2 Å². The van der Waals surface area contributed by atoms with Crippen molar-refractivity contribution < 1.29 is 27.1 Å². The predicted molar refractivity (Wildman–Crippen MR) is 147 cm³/mol. The second-order valence-corrected chi connectivity index (χ2v) is 14.4. The molecule has 0 aromatic heterocycles. The highest BCUT2D eigenvalue weighted by Crippen LogP contribution is 2.57. The lowest BCUT2D eigenvalue weighted by molar-refractivity contribution is -0.137. The van der Waals surface area contributed by atoms with Gasteiger partial charge in [-0.25, -0.2) is 4.67 Å². The molecule has 2 aromatic carbocycles. The highest BCUT2D eigenvalue weighted by atomic mass is 35.5. The van der Waals surface area contributed by atoms with Crippen LogP contribution in [0.25, 0.3) is 11.1 Å². The average molecular weight is 573 g/mol. The number of carbonyl (C=O) groups is 1. The molecule has 1 saturated heterocycles. The summed E-state index contributed by atoms with van der Waals surface area (Å²) in [5, 5.41) is 2.66. The fourth-order valence-electron chi connectivity index (χ4n) is 4.32. The van der Waals surface area contributed by atoms with Crippen molar-refractivity contribution in [2.24, 2.45) is 5.41 Å². The molecule has 1 amide bonds. The number of rotatable bonds is 8. The molecule has 1 fully saturated rings. The molecule has 3 rings (SSSR count). The molecule has 2 unspecified atom stereocenters. The van der Waals surface area contributed by atoms with Gasteiger partial charge in [0.15, 0.2) is 0 Å². The first-order chi connectivity index (χ1) is 17.6. The van der Waals surface area contributed by atoms with Gasteiger partial charge in [-0.15, -0.1) is 0 Å². The first-order valence-electron chi connectivity index (χ1n) is 12.9. The lowest BCUT2D eigenvalue weighted by atomic mass is 9.99. The van der Waals surface area contributed by atoms with Crippen LogP contribution in [0.1, 0.15) is 69.8 Å². The van der Waals surface area contributed by atoms with E-state index >= 15 is 0 Å². The summed E-state index contributed by atoms with van der Waals surface area (Å²) in [7, 11) is -3.03. The van der Waals surface area contributed by atoms with Gasteiger partial charge < -0.3 is 9.84 Å². The third-order valence-electron chi connectivity index (χ3n) is 6.76. The van der Waals surface area contributed by atoms with E-state index in [1.165, 1.54) is 12.1 Å². The second kappa shape index (κ2) is 12.1. The zero-order valence-electron chi connectivity index (χ0n) is 22.6. The van der Waals surface area contributed by atoms with E-state index in [0.29, 0.717) is 49.2 Å². The molecule has 10 heteroatoms. The molecular weight excluding hydrogens is 536 g/mol. The van der Waals surface area contributed by atoms with Crippen LogP contribution in [0.3, 0.4) is 0 Å². The lowest BCUT2D eigenvalue weighted by Crippen LogP contribution is -2.44. The third kappa shape index (κ3) is 7.62. The quantitative estimate of drug-likeness (QED) is 0.323. The number of halogens is 4. The fourth-order valence-corrected chi connectivity index (χ4v) is 7.35. The van der Waals surface area contributed by atoms with Gasteiger partial charge in [0.2, 0.25) is 0 Å². The zero-order valence-corrected chi connectivity index (χ0v) is 24.2. The van der Waals surface area contributed by atoms with E-state index < -0.39 is 19.3 Å². The molecule has 0 aliphatic carbocycles. The molecule has 5 nitrogen and oxygen atoms in total. The van der Waals surface area contributed by atoms with Crippen molar-refractivity contribution in [1.82, 2.24) is 9.99 Å². The normalized spacial score (nSPS) is 18.1. The minimum atomic E-state index is -4.58. The molecule has 0 spiro atoms. The highest BCUT2D eigenvalue weighted by Gasteiger charge is 2.40. The monoisotopic (exact) mass is 572 g/mol. The van der Waals surface area contributed by atoms with Crippen molar-refractivity contribution in [1.29, 1.82) is 0 Å². The van der Waals surface area contributed by atoms with Crippen LogP contribution in [0.5, 0.6) is 0 Å². The third-order valence-corrected chi connectivity index (χ3v) is 10.3. The molecule has 2 atom stereocenters. The summed E-state index contributed by atoms with van der Waals surface area (Å²) in [4.78, 5) is 13.0. The largest absolute Gasteiger partial charge is 0.417 e. The second-order valence-electron chi connectivity index (χ2n) is 11.1. The van der Waals surface area contributed by atoms with E-state index in [4.69, 9.17) is 16.1 Å². The summed E-state index contributed by atoms with van der Waals surface area (Å²) in [6.45, 7) is 11.6.